The van der Waals surface area contributed by atoms with Crippen LogP contribution in [0.2, 0.25) is 5.02 Å². The van der Waals surface area contributed by atoms with Crippen molar-refractivity contribution in [3.8, 4) is 5.75 Å². The molecule has 2 unspecified atom stereocenters. The van der Waals surface area contributed by atoms with Crippen molar-refractivity contribution in [3.05, 3.63) is 28.8 Å². The summed E-state index contributed by atoms with van der Waals surface area (Å²) in [6.45, 7) is 2.72. The summed E-state index contributed by atoms with van der Waals surface area (Å²) in [6, 6.07) is 5.87. The number of ether oxygens (including phenoxy) is 1. The van der Waals surface area contributed by atoms with Gasteiger partial charge in [-0.3, -0.25) is 0 Å². The van der Waals surface area contributed by atoms with E-state index in [0.717, 1.165) is 29.3 Å². The molecule has 0 aliphatic heterocycles. The molecular formula is C15H22ClNO. The van der Waals surface area contributed by atoms with Crippen LogP contribution in [0.25, 0.3) is 0 Å². The van der Waals surface area contributed by atoms with Crippen molar-refractivity contribution in [1.29, 1.82) is 0 Å². The number of hydrogen-bond donors (Lipinski definition) is 1. The third-order valence-electron chi connectivity index (χ3n) is 3.81. The normalized spacial score (nSPS) is 24.6. The second-order valence-corrected chi connectivity index (χ2v) is 5.61. The number of benzene rings is 1. The van der Waals surface area contributed by atoms with E-state index in [0.29, 0.717) is 5.92 Å². The van der Waals surface area contributed by atoms with Crippen LogP contribution >= 0.6 is 11.6 Å². The van der Waals surface area contributed by atoms with Crippen molar-refractivity contribution in [1.82, 2.24) is 0 Å². The van der Waals surface area contributed by atoms with Crippen molar-refractivity contribution >= 4 is 11.6 Å². The molecule has 2 rings (SSSR count). The van der Waals surface area contributed by atoms with Gasteiger partial charge in [-0.25, -0.2) is 0 Å². The molecule has 2 N–H and O–H groups in total. The Morgan fingerprint density at radius 2 is 2.06 bits per heavy atom. The lowest BCUT2D eigenvalue weighted by molar-refractivity contribution is 0.129. The number of aryl methyl sites for hydroxylation is 1. The van der Waals surface area contributed by atoms with Gasteiger partial charge in [-0.05, 0) is 56.5 Å². The van der Waals surface area contributed by atoms with Crippen molar-refractivity contribution < 1.29 is 4.74 Å². The van der Waals surface area contributed by atoms with E-state index >= 15 is 0 Å². The molecule has 2 atom stereocenters. The Balaban J connectivity index is 2.07. The Hall–Kier alpha value is -0.730. The predicted octanol–water partition coefficient (Wildman–Crippen LogP) is 3.93. The average molecular weight is 268 g/mol. The fourth-order valence-electron chi connectivity index (χ4n) is 2.64. The summed E-state index contributed by atoms with van der Waals surface area (Å²) in [5, 5.41) is 0.790. The summed E-state index contributed by atoms with van der Waals surface area (Å²) in [6.07, 6.45) is 6.39. The van der Waals surface area contributed by atoms with E-state index in [1.165, 1.54) is 25.7 Å². The molecule has 0 radical (unpaired) electrons. The maximum atomic E-state index is 6.14. The monoisotopic (exact) mass is 267 g/mol. The molecule has 0 aromatic heterocycles. The van der Waals surface area contributed by atoms with Gasteiger partial charge in [-0.1, -0.05) is 24.4 Å². The Morgan fingerprint density at radius 1 is 1.28 bits per heavy atom. The van der Waals surface area contributed by atoms with Gasteiger partial charge in [0.15, 0.2) is 0 Å². The van der Waals surface area contributed by atoms with Gasteiger partial charge in [0, 0.05) is 10.9 Å². The van der Waals surface area contributed by atoms with Crippen molar-refractivity contribution in [3.63, 3.8) is 0 Å². The van der Waals surface area contributed by atoms with Crippen LogP contribution in [0, 0.1) is 12.8 Å². The smallest absolute Gasteiger partial charge is 0.120 e. The average Bonchev–Trinajstić information content (AvgIpc) is 2.59. The molecular weight excluding hydrogens is 246 g/mol. The Bertz CT molecular complexity index is 394. The minimum absolute atomic E-state index is 0.262. The van der Waals surface area contributed by atoms with Crippen LogP contribution in [0.5, 0.6) is 5.75 Å². The molecule has 1 saturated carbocycles. The van der Waals surface area contributed by atoms with E-state index in [-0.39, 0.29) is 6.10 Å². The predicted molar refractivity (Wildman–Crippen MR) is 76.2 cm³/mol. The molecule has 1 aliphatic carbocycles. The van der Waals surface area contributed by atoms with Crippen LogP contribution in [0.4, 0.5) is 0 Å². The first-order valence-electron chi connectivity index (χ1n) is 6.83. The van der Waals surface area contributed by atoms with Crippen molar-refractivity contribution in [2.45, 2.75) is 45.1 Å². The molecule has 1 aromatic rings. The second kappa shape index (κ2) is 6.44. The number of nitrogens with two attached hydrogens (primary N) is 1. The Labute approximate surface area is 114 Å². The molecule has 3 heteroatoms. The number of rotatable bonds is 3. The molecule has 1 aromatic carbocycles. The quantitative estimate of drug-likeness (QED) is 0.842. The van der Waals surface area contributed by atoms with Gasteiger partial charge in [0.1, 0.15) is 11.9 Å². The molecule has 0 spiro atoms. The molecule has 2 nitrogen and oxygen atoms in total. The van der Waals surface area contributed by atoms with Crippen LogP contribution < -0.4 is 10.5 Å². The number of halogens is 1. The lowest BCUT2D eigenvalue weighted by Gasteiger charge is -2.25. The molecule has 0 saturated heterocycles. The van der Waals surface area contributed by atoms with Gasteiger partial charge < -0.3 is 10.5 Å². The zero-order valence-corrected chi connectivity index (χ0v) is 11.7. The molecule has 0 heterocycles. The van der Waals surface area contributed by atoms with E-state index in [1.807, 2.05) is 25.1 Å². The molecule has 0 bridgehead atoms. The lowest BCUT2D eigenvalue weighted by Crippen LogP contribution is -2.31. The minimum atomic E-state index is 0.262. The minimum Gasteiger partial charge on any atom is -0.490 e. The van der Waals surface area contributed by atoms with Gasteiger partial charge in [0.25, 0.3) is 0 Å². The van der Waals surface area contributed by atoms with Gasteiger partial charge in [-0.2, -0.15) is 0 Å². The van der Waals surface area contributed by atoms with E-state index in [4.69, 9.17) is 22.1 Å². The zero-order chi connectivity index (χ0) is 13.0. The van der Waals surface area contributed by atoms with Crippen LogP contribution in [-0.4, -0.2) is 12.6 Å². The maximum Gasteiger partial charge on any atom is 0.120 e. The topological polar surface area (TPSA) is 35.2 Å². The summed E-state index contributed by atoms with van der Waals surface area (Å²) in [5.74, 6) is 1.41. The first kappa shape index (κ1) is 13.7. The SMILES string of the molecule is Cc1cc(OC2CCCCCC2CN)ccc1Cl. The van der Waals surface area contributed by atoms with Crippen LogP contribution in [0.15, 0.2) is 18.2 Å². The zero-order valence-electron chi connectivity index (χ0n) is 11.0. The van der Waals surface area contributed by atoms with Gasteiger partial charge in [0.05, 0.1) is 0 Å². The lowest BCUT2D eigenvalue weighted by atomic mass is 9.97. The summed E-state index contributed by atoms with van der Waals surface area (Å²) < 4.78 is 6.14. The maximum absolute atomic E-state index is 6.14. The highest BCUT2D eigenvalue weighted by Crippen LogP contribution is 2.28. The first-order valence-corrected chi connectivity index (χ1v) is 7.21. The standard InChI is InChI=1S/C15H22ClNO/c1-11-9-13(7-8-14(11)16)18-15-6-4-2-3-5-12(15)10-17/h7-9,12,15H,2-6,10,17H2,1H3. The molecule has 1 aliphatic rings. The molecule has 100 valence electrons. The first-order chi connectivity index (χ1) is 8.70. The van der Waals surface area contributed by atoms with E-state index in [1.54, 1.807) is 0 Å². The van der Waals surface area contributed by atoms with Crippen LogP contribution in [-0.2, 0) is 0 Å². The van der Waals surface area contributed by atoms with Crippen molar-refractivity contribution in [2.24, 2.45) is 11.7 Å². The Morgan fingerprint density at radius 3 is 2.78 bits per heavy atom. The summed E-state index contributed by atoms with van der Waals surface area (Å²) in [7, 11) is 0. The summed E-state index contributed by atoms with van der Waals surface area (Å²) in [4.78, 5) is 0. The largest absolute Gasteiger partial charge is 0.490 e. The fraction of sp³-hybridized carbons (Fsp3) is 0.600. The van der Waals surface area contributed by atoms with Crippen molar-refractivity contribution in [2.75, 3.05) is 6.54 Å². The molecule has 0 amide bonds. The van der Waals surface area contributed by atoms with Gasteiger partial charge in [0.2, 0.25) is 0 Å². The van der Waals surface area contributed by atoms with E-state index in [2.05, 4.69) is 0 Å². The number of hydrogen-bond acceptors (Lipinski definition) is 2. The highest BCUT2D eigenvalue weighted by atomic mass is 35.5. The third-order valence-corrected chi connectivity index (χ3v) is 4.23. The summed E-state index contributed by atoms with van der Waals surface area (Å²) in [5.41, 5.74) is 6.93. The third kappa shape index (κ3) is 3.39. The van der Waals surface area contributed by atoms with Crippen LogP contribution in [0.3, 0.4) is 0 Å². The molecule has 1 fully saturated rings. The fourth-order valence-corrected chi connectivity index (χ4v) is 2.76. The highest BCUT2D eigenvalue weighted by molar-refractivity contribution is 6.31. The van der Waals surface area contributed by atoms with Gasteiger partial charge in [-0.15, -0.1) is 0 Å². The van der Waals surface area contributed by atoms with E-state index < -0.39 is 0 Å². The second-order valence-electron chi connectivity index (χ2n) is 5.20. The van der Waals surface area contributed by atoms with Crippen LogP contribution in [0.1, 0.15) is 37.7 Å². The van der Waals surface area contributed by atoms with E-state index in [9.17, 15) is 0 Å². The van der Waals surface area contributed by atoms with Gasteiger partial charge >= 0.3 is 0 Å². The summed E-state index contributed by atoms with van der Waals surface area (Å²) >= 11 is 6.03. The Kier molecular flexibility index (Phi) is 4.90. The highest BCUT2D eigenvalue weighted by Gasteiger charge is 2.24. The molecule has 18 heavy (non-hydrogen) atoms.